The number of carbonyl (C=O) groups is 1. The molecule has 1 N–H and O–H groups in total. The molecule has 2 unspecified atom stereocenters. The second-order valence-electron chi connectivity index (χ2n) is 6.09. The molecule has 100 valence electrons. The maximum atomic E-state index is 11.9. The molecule has 0 aliphatic heterocycles. The molecule has 0 spiro atoms. The van der Waals surface area contributed by atoms with Gasteiger partial charge in [-0.2, -0.15) is 0 Å². The van der Waals surface area contributed by atoms with E-state index in [-0.39, 0.29) is 11.9 Å². The second-order valence-corrected chi connectivity index (χ2v) is 6.09. The van der Waals surface area contributed by atoms with Crippen molar-refractivity contribution < 1.29 is 4.79 Å². The maximum Gasteiger partial charge on any atom is 0.236 e. The highest BCUT2D eigenvalue weighted by Gasteiger charge is 2.24. The van der Waals surface area contributed by atoms with Crippen molar-refractivity contribution in [2.24, 2.45) is 11.8 Å². The van der Waals surface area contributed by atoms with Crippen molar-refractivity contribution >= 4 is 5.91 Å². The molecule has 0 bridgehead atoms. The van der Waals surface area contributed by atoms with Crippen molar-refractivity contribution in [2.45, 2.75) is 59.0 Å². The smallest absolute Gasteiger partial charge is 0.236 e. The van der Waals surface area contributed by atoms with Crippen molar-refractivity contribution in [3.05, 3.63) is 0 Å². The average molecular weight is 240 g/mol. The largest absolute Gasteiger partial charge is 0.342 e. The van der Waals surface area contributed by atoms with Gasteiger partial charge in [0.15, 0.2) is 0 Å². The Morgan fingerprint density at radius 1 is 1.24 bits per heavy atom. The summed E-state index contributed by atoms with van der Waals surface area (Å²) in [6.45, 7) is 9.20. The zero-order valence-corrected chi connectivity index (χ0v) is 12.0. The van der Waals surface area contributed by atoms with E-state index in [9.17, 15) is 4.79 Å². The summed E-state index contributed by atoms with van der Waals surface area (Å²) in [7, 11) is 1.88. The molecule has 0 aromatic carbocycles. The van der Waals surface area contributed by atoms with Crippen LogP contribution in [0.15, 0.2) is 0 Å². The van der Waals surface area contributed by atoms with Crippen LogP contribution in [0, 0.1) is 11.8 Å². The molecule has 1 saturated carbocycles. The standard InChI is InChI=1S/C14H28N2O/c1-10(2)16(5)14(17)9-15-13-7-11(3)6-12(4)8-13/h10-13,15H,6-9H2,1-5H3. The van der Waals surface area contributed by atoms with Gasteiger partial charge in [0.2, 0.25) is 5.91 Å². The molecule has 1 fully saturated rings. The summed E-state index contributed by atoms with van der Waals surface area (Å²) in [6, 6.07) is 0.812. The molecule has 3 heteroatoms. The van der Waals surface area contributed by atoms with Gasteiger partial charge in [-0.3, -0.25) is 4.79 Å². The Hall–Kier alpha value is -0.570. The minimum atomic E-state index is 0.200. The molecule has 1 aliphatic carbocycles. The predicted molar refractivity (Wildman–Crippen MR) is 71.9 cm³/mol. The number of hydrogen-bond acceptors (Lipinski definition) is 2. The fourth-order valence-electron chi connectivity index (χ4n) is 2.76. The molecule has 17 heavy (non-hydrogen) atoms. The van der Waals surface area contributed by atoms with E-state index >= 15 is 0 Å². The van der Waals surface area contributed by atoms with Gasteiger partial charge >= 0.3 is 0 Å². The van der Waals surface area contributed by atoms with E-state index in [0.717, 1.165) is 11.8 Å². The summed E-state index contributed by atoms with van der Waals surface area (Å²) < 4.78 is 0. The first-order valence-electron chi connectivity index (χ1n) is 6.89. The Balaban J connectivity index is 2.32. The third kappa shape index (κ3) is 4.66. The van der Waals surface area contributed by atoms with Gasteiger partial charge in [0.25, 0.3) is 0 Å². The summed E-state index contributed by atoms with van der Waals surface area (Å²) in [5, 5.41) is 3.43. The number of nitrogens with zero attached hydrogens (tertiary/aromatic N) is 1. The van der Waals surface area contributed by atoms with Crippen LogP contribution in [-0.4, -0.2) is 36.5 Å². The molecular weight excluding hydrogens is 212 g/mol. The molecule has 0 saturated heterocycles. The first-order chi connectivity index (χ1) is 7.90. The number of likely N-dealkylation sites (N-methyl/N-ethyl adjacent to an activating group) is 1. The number of nitrogens with one attached hydrogen (secondary N) is 1. The topological polar surface area (TPSA) is 32.3 Å². The van der Waals surface area contributed by atoms with Crippen LogP contribution < -0.4 is 5.32 Å². The molecule has 1 rings (SSSR count). The summed E-state index contributed by atoms with van der Waals surface area (Å²) in [5.74, 6) is 1.77. The van der Waals surface area contributed by atoms with Crippen molar-refractivity contribution in [3.63, 3.8) is 0 Å². The van der Waals surface area contributed by atoms with Crippen LogP contribution in [0.2, 0.25) is 0 Å². The van der Waals surface area contributed by atoms with Crippen molar-refractivity contribution in [1.29, 1.82) is 0 Å². The van der Waals surface area contributed by atoms with Crippen LogP contribution in [0.4, 0.5) is 0 Å². The molecular formula is C14H28N2O. The normalized spacial score (nSPS) is 29.4. The Morgan fingerprint density at radius 2 is 1.76 bits per heavy atom. The van der Waals surface area contributed by atoms with Crippen LogP contribution in [0.3, 0.4) is 0 Å². The van der Waals surface area contributed by atoms with Crippen LogP contribution >= 0.6 is 0 Å². The quantitative estimate of drug-likeness (QED) is 0.817. The van der Waals surface area contributed by atoms with Gasteiger partial charge in [0.1, 0.15) is 0 Å². The molecule has 0 aromatic heterocycles. The van der Waals surface area contributed by atoms with Gasteiger partial charge in [-0.05, 0) is 44.9 Å². The zero-order valence-electron chi connectivity index (χ0n) is 12.0. The number of carbonyl (C=O) groups excluding carboxylic acids is 1. The van der Waals surface area contributed by atoms with E-state index < -0.39 is 0 Å². The zero-order chi connectivity index (χ0) is 13.0. The molecule has 1 aliphatic rings. The highest BCUT2D eigenvalue weighted by Crippen LogP contribution is 2.28. The molecule has 2 atom stereocenters. The fraction of sp³-hybridized carbons (Fsp3) is 0.929. The van der Waals surface area contributed by atoms with Crippen LogP contribution in [0.5, 0.6) is 0 Å². The number of rotatable bonds is 4. The van der Waals surface area contributed by atoms with Gasteiger partial charge in [-0.15, -0.1) is 0 Å². The first kappa shape index (κ1) is 14.5. The van der Waals surface area contributed by atoms with E-state index in [4.69, 9.17) is 0 Å². The van der Waals surface area contributed by atoms with Gasteiger partial charge in [-0.1, -0.05) is 13.8 Å². The minimum Gasteiger partial charge on any atom is -0.342 e. The highest BCUT2D eigenvalue weighted by atomic mass is 16.2. The minimum absolute atomic E-state index is 0.200. The van der Waals surface area contributed by atoms with Crippen molar-refractivity contribution in [2.75, 3.05) is 13.6 Å². The lowest BCUT2D eigenvalue weighted by atomic mass is 9.80. The first-order valence-corrected chi connectivity index (χ1v) is 6.89. The highest BCUT2D eigenvalue weighted by molar-refractivity contribution is 5.78. The van der Waals surface area contributed by atoms with Crippen LogP contribution in [-0.2, 0) is 4.79 Å². The number of amides is 1. The summed E-state index contributed by atoms with van der Waals surface area (Å²) in [5.41, 5.74) is 0. The fourth-order valence-corrected chi connectivity index (χ4v) is 2.76. The van der Waals surface area contributed by atoms with Gasteiger partial charge < -0.3 is 10.2 Å². The lowest BCUT2D eigenvalue weighted by molar-refractivity contribution is -0.130. The maximum absolute atomic E-state index is 11.9. The lowest BCUT2D eigenvalue weighted by Crippen LogP contribution is -2.44. The van der Waals surface area contributed by atoms with E-state index in [1.165, 1.54) is 19.3 Å². The molecule has 0 heterocycles. The van der Waals surface area contributed by atoms with Crippen LogP contribution in [0.1, 0.15) is 47.0 Å². The van der Waals surface area contributed by atoms with Crippen LogP contribution in [0.25, 0.3) is 0 Å². The molecule has 1 amide bonds. The van der Waals surface area contributed by atoms with E-state index in [1.807, 2.05) is 25.8 Å². The second kappa shape index (κ2) is 6.39. The van der Waals surface area contributed by atoms with E-state index in [2.05, 4.69) is 19.2 Å². The average Bonchev–Trinajstić information content (AvgIpc) is 2.23. The van der Waals surface area contributed by atoms with E-state index in [0.29, 0.717) is 12.6 Å². The monoisotopic (exact) mass is 240 g/mol. The lowest BCUT2D eigenvalue weighted by Gasteiger charge is -2.32. The van der Waals surface area contributed by atoms with Crippen molar-refractivity contribution in [1.82, 2.24) is 10.2 Å². The molecule has 3 nitrogen and oxygen atoms in total. The number of hydrogen-bond donors (Lipinski definition) is 1. The molecule has 0 radical (unpaired) electrons. The molecule has 0 aromatic rings. The Kier molecular flexibility index (Phi) is 5.44. The van der Waals surface area contributed by atoms with Crippen molar-refractivity contribution in [3.8, 4) is 0 Å². The summed E-state index contributed by atoms with van der Waals surface area (Å²) in [4.78, 5) is 13.7. The Morgan fingerprint density at radius 3 is 2.24 bits per heavy atom. The van der Waals surface area contributed by atoms with E-state index in [1.54, 1.807) is 0 Å². The van der Waals surface area contributed by atoms with Gasteiger partial charge in [-0.25, -0.2) is 0 Å². The third-order valence-corrected chi connectivity index (χ3v) is 3.89. The Labute approximate surface area is 106 Å². The Bertz CT molecular complexity index is 243. The predicted octanol–water partition coefficient (Wildman–Crippen LogP) is 2.27. The van der Waals surface area contributed by atoms with Gasteiger partial charge in [0, 0.05) is 19.1 Å². The summed E-state index contributed by atoms with van der Waals surface area (Å²) in [6.07, 6.45) is 3.75. The summed E-state index contributed by atoms with van der Waals surface area (Å²) >= 11 is 0. The third-order valence-electron chi connectivity index (χ3n) is 3.89. The van der Waals surface area contributed by atoms with Gasteiger partial charge in [0.05, 0.1) is 6.54 Å². The SMILES string of the molecule is CC1CC(C)CC(NCC(=O)N(C)C(C)C)C1.